The van der Waals surface area contributed by atoms with Crippen molar-refractivity contribution in [3.8, 4) is 17.2 Å². The Morgan fingerprint density at radius 1 is 0.944 bits per heavy atom. The number of benzene rings is 2. The molecule has 7 heteroatoms. The van der Waals surface area contributed by atoms with E-state index in [1.165, 1.54) is 11.1 Å². The minimum Gasteiger partial charge on any atom is -0.493 e. The van der Waals surface area contributed by atoms with Crippen molar-refractivity contribution in [2.24, 2.45) is 0 Å². The van der Waals surface area contributed by atoms with Crippen LogP contribution in [-0.2, 0) is 13.1 Å². The van der Waals surface area contributed by atoms with Crippen LogP contribution in [0.3, 0.4) is 0 Å². The van der Waals surface area contributed by atoms with Crippen molar-refractivity contribution in [2.45, 2.75) is 58.7 Å². The summed E-state index contributed by atoms with van der Waals surface area (Å²) in [4.78, 5) is 2.39. The van der Waals surface area contributed by atoms with E-state index in [1.807, 2.05) is 55.2 Å². The standard InChI is InChI=1S/C29H39N3O4/c1-22-6-8-26(24(3)16-22)36-21-29(33)10-5-12-31(13-11-29)20-25-7-9-27(28(17-25)34-4)35-15-14-32-19-23(2)18-30-32/h6-9,16-19,33H,5,10-15,20-21H2,1-4H3/t29-/m0/s1. The van der Waals surface area contributed by atoms with Crippen LogP contribution in [0.1, 0.15) is 41.5 Å². The largest absolute Gasteiger partial charge is 0.493 e. The number of aliphatic hydroxyl groups is 1. The molecule has 1 fully saturated rings. The van der Waals surface area contributed by atoms with Crippen molar-refractivity contribution < 1.29 is 19.3 Å². The molecule has 1 saturated heterocycles. The molecule has 194 valence electrons. The maximum Gasteiger partial charge on any atom is 0.161 e. The molecule has 1 atom stereocenters. The smallest absolute Gasteiger partial charge is 0.161 e. The summed E-state index contributed by atoms with van der Waals surface area (Å²) < 4.78 is 19.5. The number of rotatable bonds is 10. The molecule has 3 aromatic rings. The fourth-order valence-corrected chi connectivity index (χ4v) is 4.74. The first-order chi connectivity index (χ1) is 17.3. The van der Waals surface area contributed by atoms with Gasteiger partial charge >= 0.3 is 0 Å². The van der Waals surface area contributed by atoms with Gasteiger partial charge in [-0.1, -0.05) is 23.8 Å². The average Bonchev–Trinajstić information content (AvgIpc) is 3.18. The Labute approximate surface area is 214 Å². The highest BCUT2D eigenvalue weighted by Gasteiger charge is 2.31. The molecule has 0 unspecified atom stereocenters. The molecule has 36 heavy (non-hydrogen) atoms. The third kappa shape index (κ3) is 7.02. The van der Waals surface area contributed by atoms with Gasteiger partial charge in [-0.25, -0.2) is 0 Å². The topological polar surface area (TPSA) is 69.0 Å². The Balaban J connectivity index is 1.29. The van der Waals surface area contributed by atoms with E-state index < -0.39 is 5.60 Å². The van der Waals surface area contributed by atoms with E-state index in [9.17, 15) is 5.11 Å². The van der Waals surface area contributed by atoms with Crippen molar-refractivity contribution in [1.29, 1.82) is 0 Å². The number of hydrogen-bond donors (Lipinski definition) is 1. The molecule has 1 aliphatic rings. The molecular weight excluding hydrogens is 454 g/mol. The second-order valence-corrected chi connectivity index (χ2v) is 10.0. The first-order valence-corrected chi connectivity index (χ1v) is 12.8. The SMILES string of the molecule is COc1cc(CN2CCC[C@@](O)(COc3ccc(C)cc3C)CC2)ccc1OCCn1cc(C)cn1. The van der Waals surface area contributed by atoms with Gasteiger partial charge in [-0.05, 0) is 81.5 Å². The molecule has 0 saturated carbocycles. The number of aromatic nitrogens is 2. The summed E-state index contributed by atoms with van der Waals surface area (Å²) in [5.41, 5.74) is 3.81. The van der Waals surface area contributed by atoms with E-state index in [2.05, 4.69) is 29.1 Å². The van der Waals surface area contributed by atoms with Crippen LogP contribution in [0.15, 0.2) is 48.8 Å². The molecule has 1 N–H and O–H groups in total. The van der Waals surface area contributed by atoms with Crippen LogP contribution in [0.2, 0.25) is 0 Å². The second-order valence-electron chi connectivity index (χ2n) is 10.0. The van der Waals surface area contributed by atoms with Gasteiger partial charge in [0.1, 0.15) is 19.0 Å². The van der Waals surface area contributed by atoms with Crippen molar-refractivity contribution >= 4 is 0 Å². The molecule has 0 spiro atoms. The normalized spacial score (nSPS) is 18.6. The minimum absolute atomic E-state index is 0.322. The fraction of sp³-hybridized carbons (Fsp3) is 0.483. The van der Waals surface area contributed by atoms with Gasteiger partial charge in [-0.2, -0.15) is 5.10 Å². The van der Waals surface area contributed by atoms with Crippen LogP contribution >= 0.6 is 0 Å². The van der Waals surface area contributed by atoms with Gasteiger partial charge in [0.2, 0.25) is 0 Å². The molecule has 0 amide bonds. The Morgan fingerprint density at radius 2 is 1.78 bits per heavy atom. The molecule has 7 nitrogen and oxygen atoms in total. The van der Waals surface area contributed by atoms with Gasteiger partial charge in [-0.15, -0.1) is 0 Å². The summed E-state index contributed by atoms with van der Waals surface area (Å²) in [6, 6.07) is 12.3. The zero-order valence-corrected chi connectivity index (χ0v) is 22.0. The van der Waals surface area contributed by atoms with E-state index in [4.69, 9.17) is 14.2 Å². The third-order valence-electron chi connectivity index (χ3n) is 6.81. The third-order valence-corrected chi connectivity index (χ3v) is 6.81. The van der Waals surface area contributed by atoms with Crippen molar-refractivity contribution in [1.82, 2.24) is 14.7 Å². The number of hydrogen-bond acceptors (Lipinski definition) is 6. The number of nitrogens with zero attached hydrogens (tertiary/aromatic N) is 3. The molecule has 2 heterocycles. The number of methoxy groups -OCH3 is 1. The summed E-state index contributed by atoms with van der Waals surface area (Å²) in [6.07, 6.45) is 6.19. The Kier molecular flexibility index (Phi) is 8.54. The van der Waals surface area contributed by atoms with Crippen molar-refractivity contribution in [3.63, 3.8) is 0 Å². The highest BCUT2D eigenvalue weighted by Crippen LogP contribution is 2.30. The van der Waals surface area contributed by atoms with Crippen LogP contribution in [0.4, 0.5) is 0 Å². The van der Waals surface area contributed by atoms with E-state index in [0.717, 1.165) is 60.9 Å². The molecule has 2 aromatic carbocycles. The molecule has 4 rings (SSSR count). The van der Waals surface area contributed by atoms with Crippen LogP contribution in [0, 0.1) is 20.8 Å². The molecule has 1 aromatic heterocycles. The van der Waals surface area contributed by atoms with Crippen LogP contribution in [-0.4, -0.2) is 58.8 Å². The highest BCUT2D eigenvalue weighted by molar-refractivity contribution is 5.43. The number of aryl methyl sites for hydroxylation is 3. The Morgan fingerprint density at radius 3 is 2.53 bits per heavy atom. The van der Waals surface area contributed by atoms with E-state index >= 15 is 0 Å². The van der Waals surface area contributed by atoms with Gasteiger partial charge in [-0.3, -0.25) is 9.58 Å². The molecule has 0 radical (unpaired) electrons. The van der Waals surface area contributed by atoms with Gasteiger partial charge < -0.3 is 19.3 Å². The van der Waals surface area contributed by atoms with Crippen LogP contribution in [0.5, 0.6) is 17.2 Å². The summed E-state index contributed by atoms with van der Waals surface area (Å²) in [7, 11) is 1.67. The van der Waals surface area contributed by atoms with Crippen LogP contribution < -0.4 is 14.2 Å². The number of likely N-dealkylation sites (tertiary alicyclic amines) is 1. The van der Waals surface area contributed by atoms with Gasteiger partial charge in [0.05, 0.1) is 25.5 Å². The maximum absolute atomic E-state index is 11.2. The molecule has 0 aliphatic carbocycles. The second kappa shape index (κ2) is 11.8. The molecule has 1 aliphatic heterocycles. The zero-order valence-electron chi connectivity index (χ0n) is 22.0. The van der Waals surface area contributed by atoms with Crippen molar-refractivity contribution in [2.75, 3.05) is 33.4 Å². The highest BCUT2D eigenvalue weighted by atomic mass is 16.5. The number of ether oxygens (including phenoxy) is 3. The minimum atomic E-state index is -0.811. The van der Waals surface area contributed by atoms with Crippen molar-refractivity contribution in [3.05, 3.63) is 71.0 Å². The Hall–Kier alpha value is -3.03. The van der Waals surface area contributed by atoms with E-state index in [-0.39, 0.29) is 0 Å². The van der Waals surface area contributed by atoms with Gasteiger partial charge in [0.25, 0.3) is 0 Å². The fourth-order valence-electron chi connectivity index (χ4n) is 4.74. The Bertz CT molecular complexity index is 1150. The lowest BCUT2D eigenvalue weighted by Crippen LogP contribution is -2.37. The van der Waals surface area contributed by atoms with E-state index in [1.54, 1.807) is 7.11 Å². The molecular formula is C29H39N3O4. The average molecular weight is 494 g/mol. The molecule has 0 bridgehead atoms. The zero-order chi connectivity index (χ0) is 25.5. The predicted molar refractivity (Wildman–Crippen MR) is 141 cm³/mol. The monoisotopic (exact) mass is 493 g/mol. The predicted octanol–water partition coefficient (Wildman–Crippen LogP) is 4.69. The lowest BCUT2D eigenvalue weighted by molar-refractivity contribution is -0.0170. The van der Waals surface area contributed by atoms with Gasteiger partial charge in [0.15, 0.2) is 11.5 Å². The summed E-state index contributed by atoms with van der Waals surface area (Å²) in [6.45, 7) is 10.2. The maximum atomic E-state index is 11.2. The van der Waals surface area contributed by atoms with E-state index in [0.29, 0.717) is 26.2 Å². The summed E-state index contributed by atoms with van der Waals surface area (Å²) >= 11 is 0. The van der Waals surface area contributed by atoms with Crippen LogP contribution in [0.25, 0.3) is 0 Å². The lowest BCUT2D eigenvalue weighted by Gasteiger charge is -2.27. The summed E-state index contributed by atoms with van der Waals surface area (Å²) in [5.74, 6) is 2.32. The quantitative estimate of drug-likeness (QED) is 0.442. The first kappa shape index (κ1) is 26.0. The summed E-state index contributed by atoms with van der Waals surface area (Å²) in [5, 5.41) is 15.5. The lowest BCUT2D eigenvalue weighted by atomic mass is 9.96. The van der Waals surface area contributed by atoms with Gasteiger partial charge in [0, 0.05) is 19.3 Å². The first-order valence-electron chi connectivity index (χ1n) is 12.8.